The molecule has 0 bridgehead atoms. The lowest BCUT2D eigenvalue weighted by Crippen LogP contribution is -2.39. The topological polar surface area (TPSA) is 144 Å². The van der Waals surface area contributed by atoms with Crippen LogP contribution in [0, 0.1) is 0 Å². The summed E-state index contributed by atoms with van der Waals surface area (Å²) in [6.45, 7) is 3.50. The van der Waals surface area contributed by atoms with Crippen LogP contribution < -0.4 is 5.73 Å². The molecule has 1 atom stereocenters. The molecule has 0 aromatic rings. The summed E-state index contributed by atoms with van der Waals surface area (Å²) in [5.41, 5.74) is 5.69. The molecular weight excluding hydrogens is 404 g/mol. The molecule has 1 saturated heterocycles. The van der Waals surface area contributed by atoms with Crippen molar-refractivity contribution in [3.8, 4) is 0 Å². The fourth-order valence-corrected chi connectivity index (χ4v) is 4.37. The maximum absolute atomic E-state index is 12.0. The zero-order valence-corrected chi connectivity index (χ0v) is 16.0. The first-order valence-corrected chi connectivity index (χ1v) is 11.1. The Bertz CT molecular complexity index is 715. The Morgan fingerprint density at radius 3 is 2.50 bits per heavy atom. The number of allylic oxidation sites excluding steroid dienone is 4. The number of carbonyl (C=O) groups is 3. The van der Waals surface area contributed by atoms with Crippen molar-refractivity contribution in [3.05, 3.63) is 35.9 Å². The fourth-order valence-electron chi connectivity index (χ4n) is 1.72. The van der Waals surface area contributed by atoms with Gasteiger partial charge in [0.25, 0.3) is 21.9 Å². The normalized spacial score (nSPS) is 17.0. The van der Waals surface area contributed by atoms with Crippen LogP contribution >= 0.6 is 21.6 Å². The lowest BCUT2D eigenvalue weighted by Gasteiger charge is -2.17. The smallest absolute Gasteiger partial charge is 0.353 e. The molecule has 3 N–H and O–H groups in total. The predicted molar refractivity (Wildman–Crippen MR) is 98.8 cm³/mol. The van der Waals surface area contributed by atoms with E-state index in [0.29, 0.717) is 5.03 Å². The van der Waals surface area contributed by atoms with Crippen LogP contribution in [0.25, 0.3) is 0 Å². The van der Waals surface area contributed by atoms with Gasteiger partial charge in [0.2, 0.25) is 0 Å². The summed E-state index contributed by atoms with van der Waals surface area (Å²) in [6, 6.07) is 0. The number of carbonyl (C=O) groups excluding carboxylic acids is 3. The van der Waals surface area contributed by atoms with Gasteiger partial charge < -0.3 is 10.6 Å². The average molecular weight is 423 g/mol. The van der Waals surface area contributed by atoms with Crippen molar-refractivity contribution in [3.63, 3.8) is 0 Å². The van der Waals surface area contributed by atoms with E-state index in [1.54, 1.807) is 24.3 Å². The molecule has 9 nitrogen and oxygen atoms in total. The second-order valence-electron chi connectivity index (χ2n) is 4.88. The van der Waals surface area contributed by atoms with Gasteiger partial charge in [0, 0.05) is 18.6 Å². The molecule has 0 aliphatic carbocycles. The van der Waals surface area contributed by atoms with Crippen LogP contribution in [0.15, 0.2) is 35.9 Å². The Hall–Kier alpha value is -1.76. The number of imide groups is 1. The minimum Gasteiger partial charge on any atom is -0.393 e. The van der Waals surface area contributed by atoms with Gasteiger partial charge in [0.1, 0.15) is 0 Å². The van der Waals surface area contributed by atoms with Crippen LogP contribution in [-0.2, 0) is 29.3 Å². The highest BCUT2D eigenvalue weighted by Gasteiger charge is 2.39. The van der Waals surface area contributed by atoms with Crippen molar-refractivity contribution in [2.45, 2.75) is 24.5 Å². The van der Waals surface area contributed by atoms with Crippen molar-refractivity contribution < 1.29 is 32.2 Å². The zero-order valence-electron chi connectivity index (χ0n) is 13.6. The Kier molecular flexibility index (Phi) is 8.92. The van der Waals surface area contributed by atoms with E-state index in [2.05, 4.69) is 11.4 Å². The zero-order chi connectivity index (χ0) is 19.7. The summed E-state index contributed by atoms with van der Waals surface area (Å²) in [6.07, 6.45) is 5.98. The van der Waals surface area contributed by atoms with Crippen LogP contribution in [0.3, 0.4) is 0 Å². The third-order valence-electron chi connectivity index (χ3n) is 2.94. The third kappa shape index (κ3) is 7.23. The molecule has 1 rings (SSSR count). The first-order valence-electron chi connectivity index (χ1n) is 7.25. The number of nitrogens with two attached hydrogens (primary N) is 1. The molecule has 2 amide bonds. The molecular formula is C14H18N2O7S3. The quantitative estimate of drug-likeness (QED) is 0.173. The number of hydroxylamine groups is 2. The number of hydrogen-bond donors (Lipinski definition) is 2. The second-order valence-corrected chi connectivity index (χ2v) is 8.97. The Morgan fingerprint density at radius 2 is 1.96 bits per heavy atom. The SMILES string of the molecule is C=C/C=C\C=C(/N)SSCCC(C(=O)ON1C(=O)CCC1=O)S(=O)(=O)O. The van der Waals surface area contributed by atoms with Gasteiger partial charge in [-0.1, -0.05) is 35.6 Å². The van der Waals surface area contributed by atoms with Crippen LogP contribution in [0.5, 0.6) is 0 Å². The van der Waals surface area contributed by atoms with Crippen LogP contribution in [-0.4, -0.2) is 46.8 Å². The summed E-state index contributed by atoms with van der Waals surface area (Å²) >= 11 is 0. The van der Waals surface area contributed by atoms with Gasteiger partial charge in [-0.05, 0) is 23.3 Å². The average Bonchev–Trinajstić information content (AvgIpc) is 2.85. The number of nitrogens with zero attached hydrogens (tertiary/aromatic N) is 1. The van der Waals surface area contributed by atoms with Gasteiger partial charge in [-0.3, -0.25) is 14.1 Å². The van der Waals surface area contributed by atoms with Gasteiger partial charge in [-0.25, -0.2) is 4.79 Å². The highest BCUT2D eigenvalue weighted by atomic mass is 33.1. The van der Waals surface area contributed by atoms with E-state index < -0.39 is 33.2 Å². The van der Waals surface area contributed by atoms with Gasteiger partial charge in [0.05, 0.1) is 5.03 Å². The molecule has 0 aromatic heterocycles. The highest BCUT2D eigenvalue weighted by molar-refractivity contribution is 8.78. The minimum absolute atomic E-state index is 0.124. The number of hydrogen-bond acceptors (Lipinski definition) is 9. The van der Waals surface area contributed by atoms with E-state index in [-0.39, 0.29) is 30.1 Å². The van der Waals surface area contributed by atoms with Crippen LogP contribution in [0.2, 0.25) is 0 Å². The van der Waals surface area contributed by atoms with Crippen molar-refractivity contribution >= 4 is 49.5 Å². The molecule has 1 aliphatic rings. The Morgan fingerprint density at radius 1 is 1.35 bits per heavy atom. The highest BCUT2D eigenvalue weighted by Crippen LogP contribution is 2.28. The maximum Gasteiger partial charge on any atom is 0.353 e. The summed E-state index contributed by atoms with van der Waals surface area (Å²) in [4.78, 5) is 39.3. The Balaban J connectivity index is 2.59. The molecule has 144 valence electrons. The molecule has 12 heteroatoms. The van der Waals surface area contributed by atoms with Crippen molar-refractivity contribution in [2.75, 3.05) is 5.75 Å². The second kappa shape index (κ2) is 10.4. The van der Waals surface area contributed by atoms with Gasteiger partial charge in [-0.2, -0.15) is 8.42 Å². The van der Waals surface area contributed by atoms with E-state index in [0.717, 1.165) is 21.6 Å². The lowest BCUT2D eigenvalue weighted by molar-refractivity contribution is -0.197. The minimum atomic E-state index is -4.77. The lowest BCUT2D eigenvalue weighted by atomic mass is 10.3. The van der Waals surface area contributed by atoms with Crippen molar-refractivity contribution in [2.24, 2.45) is 5.73 Å². The molecule has 0 spiro atoms. The largest absolute Gasteiger partial charge is 0.393 e. The summed E-state index contributed by atoms with van der Waals surface area (Å²) in [7, 11) is -2.47. The molecule has 0 saturated carbocycles. The number of rotatable bonds is 10. The summed E-state index contributed by atoms with van der Waals surface area (Å²) in [5, 5.41) is -1.25. The van der Waals surface area contributed by atoms with Gasteiger partial charge in [-0.15, -0.1) is 5.06 Å². The number of amides is 2. The molecule has 1 aliphatic heterocycles. The van der Waals surface area contributed by atoms with Crippen LogP contribution in [0.1, 0.15) is 19.3 Å². The first kappa shape index (κ1) is 22.3. The van der Waals surface area contributed by atoms with E-state index >= 15 is 0 Å². The Labute approximate surface area is 158 Å². The maximum atomic E-state index is 12.0. The van der Waals surface area contributed by atoms with Crippen molar-refractivity contribution in [1.29, 1.82) is 0 Å². The van der Waals surface area contributed by atoms with E-state index in [4.69, 9.17) is 5.73 Å². The fraction of sp³-hybridized carbons (Fsp3) is 0.357. The molecule has 0 radical (unpaired) electrons. The van der Waals surface area contributed by atoms with Crippen LogP contribution in [0.4, 0.5) is 0 Å². The monoisotopic (exact) mass is 422 g/mol. The van der Waals surface area contributed by atoms with E-state index in [1.807, 2.05) is 0 Å². The standard InChI is InChI=1S/C14H18N2O7S3/c1-2-3-4-5-11(15)25-24-9-8-10(26(20,21)22)14(19)23-16-12(17)6-7-13(16)18/h2-5,10H,1,6-9,15H2,(H,20,21,22)/b4-3-,11-5+. The molecule has 26 heavy (non-hydrogen) atoms. The van der Waals surface area contributed by atoms with Crippen molar-refractivity contribution in [1.82, 2.24) is 5.06 Å². The summed E-state index contributed by atoms with van der Waals surface area (Å²) in [5.74, 6) is -2.74. The molecule has 1 heterocycles. The van der Waals surface area contributed by atoms with E-state index in [1.165, 1.54) is 0 Å². The summed E-state index contributed by atoms with van der Waals surface area (Å²) < 4.78 is 32.0. The van der Waals surface area contributed by atoms with Gasteiger partial charge in [0.15, 0.2) is 5.25 Å². The molecule has 1 unspecified atom stereocenters. The van der Waals surface area contributed by atoms with E-state index in [9.17, 15) is 27.4 Å². The third-order valence-corrected chi connectivity index (χ3v) is 6.36. The molecule has 1 fully saturated rings. The predicted octanol–water partition coefficient (Wildman–Crippen LogP) is 1.16. The first-order chi connectivity index (χ1) is 12.2. The molecule has 0 aromatic carbocycles. The van der Waals surface area contributed by atoms with Gasteiger partial charge >= 0.3 is 5.97 Å².